The van der Waals surface area contributed by atoms with Crippen LogP contribution in [-0.4, -0.2) is 35.2 Å². The minimum atomic E-state index is -0.0214. The summed E-state index contributed by atoms with van der Waals surface area (Å²) in [6.45, 7) is 1.44. The van der Waals surface area contributed by atoms with E-state index in [0.29, 0.717) is 0 Å². The van der Waals surface area contributed by atoms with Gasteiger partial charge in [-0.2, -0.15) is 0 Å². The number of hydrogen-bond donors (Lipinski definition) is 1. The number of benzene rings is 1. The number of ether oxygens (including phenoxy) is 2. The Morgan fingerprint density at radius 1 is 1.29 bits per heavy atom. The van der Waals surface area contributed by atoms with E-state index in [4.69, 9.17) is 9.47 Å². The molecule has 0 aliphatic carbocycles. The number of thioether (sulfide) groups is 1. The second kappa shape index (κ2) is 5.08. The number of hydrogen-bond acceptors (Lipinski definition) is 4. The summed E-state index contributed by atoms with van der Waals surface area (Å²) >= 11 is 1.71. The first-order valence-electron chi connectivity index (χ1n) is 5.72. The quantitative estimate of drug-likeness (QED) is 0.847. The van der Waals surface area contributed by atoms with Crippen molar-refractivity contribution in [2.24, 2.45) is 0 Å². The summed E-state index contributed by atoms with van der Waals surface area (Å²) in [5.41, 5.74) is 2.10. The van der Waals surface area contributed by atoms with Gasteiger partial charge >= 0.3 is 0 Å². The van der Waals surface area contributed by atoms with Crippen LogP contribution in [0.5, 0.6) is 0 Å². The van der Waals surface area contributed by atoms with Gasteiger partial charge in [-0.25, -0.2) is 4.98 Å². The van der Waals surface area contributed by atoms with E-state index in [0.717, 1.165) is 41.6 Å². The molecule has 3 rings (SSSR count). The Morgan fingerprint density at radius 2 is 2.12 bits per heavy atom. The largest absolute Gasteiger partial charge is 0.350 e. The van der Waals surface area contributed by atoms with Crippen molar-refractivity contribution in [2.75, 3.05) is 19.0 Å². The van der Waals surface area contributed by atoms with Crippen molar-refractivity contribution >= 4 is 22.8 Å². The fourth-order valence-corrected chi connectivity index (χ4v) is 2.67. The fourth-order valence-electron chi connectivity index (χ4n) is 1.82. The Hall–Kier alpha value is -1.04. The number of para-hydroxylation sites is 2. The molecular formula is C12H14N2O2S. The first kappa shape index (κ1) is 11.1. The Labute approximate surface area is 104 Å². The first-order valence-corrected chi connectivity index (χ1v) is 6.71. The number of nitrogens with zero attached hydrogens (tertiary/aromatic N) is 1. The monoisotopic (exact) mass is 250 g/mol. The summed E-state index contributed by atoms with van der Waals surface area (Å²) in [7, 11) is 0. The van der Waals surface area contributed by atoms with Crippen LogP contribution in [0.15, 0.2) is 29.4 Å². The molecule has 4 nitrogen and oxygen atoms in total. The van der Waals surface area contributed by atoms with Gasteiger partial charge in [0.2, 0.25) is 0 Å². The first-order chi connectivity index (χ1) is 8.42. The maximum atomic E-state index is 5.38. The Balaban J connectivity index is 1.57. The molecule has 1 N–H and O–H groups in total. The lowest BCUT2D eigenvalue weighted by Gasteiger charge is -2.06. The number of imidazole rings is 1. The molecule has 0 bridgehead atoms. The molecule has 1 aliphatic heterocycles. The van der Waals surface area contributed by atoms with Crippen LogP contribution in [0.3, 0.4) is 0 Å². The van der Waals surface area contributed by atoms with Gasteiger partial charge in [0.05, 0.1) is 24.2 Å². The second-order valence-corrected chi connectivity index (χ2v) is 4.95. The summed E-state index contributed by atoms with van der Waals surface area (Å²) in [6.07, 6.45) is 0.883. The second-order valence-electron chi connectivity index (χ2n) is 3.87. The van der Waals surface area contributed by atoms with Gasteiger partial charge in [0.15, 0.2) is 11.4 Å². The van der Waals surface area contributed by atoms with E-state index in [2.05, 4.69) is 9.97 Å². The highest BCUT2D eigenvalue weighted by Gasteiger charge is 2.15. The van der Waals surface area contributed by atoms with Crippen molar-refractivity contribution in [3.05, 3.63) is 24.3 Å². The van der Waals surface area contributed by atoms with Gasteiger partial charge in [0.1, 0.15) is 0 Å². The molecule has 1 aliphatic rings. The lowest BCUT2D eigenvalue weighted by Crippen LogP contribution is -2.08. The highest BCUT2D eigenvalue weighted by atomic mass is 32.2. The van der Waals surface area contributed by atoms with Crippen molar-refractivity contribution in [3.63, 3.8) is 0 Å². The molecule has 0 radical (unpaired) electrons. The van der Waals surface area contributed by atoms with Crippen molar-refractivity contribution in [1.82, 2.24) is 9.97 Å². The van der Waals surface area contributed by atoms with Crippen LogP contribution in [0.1, 0.15) is 6.42 Å². The van der Waals surface area contributed by atoms with Crippen molar-refractivity contribution in [2.45, 2.75) is 17.9 Å². The molecule has 0 atom stereocenters. The number of aromatic nitrogens is 2. The zero-order valence-corrected chi connectivity index (χ0v) is 10.2. The van der Waals surface area contributed by atoms with Gasteiger partial charge in [0.25, 0.3) is 0 Å². The SMILES string of the molecule is c1ccc2[nH]c(SCCC3OCCO3)nc2c1. The Kier molecular flexibility index (Phi) is 3.31. The molecule has 1 aromatic heterocycles. The van der Waals surface area contributed by atoms with E-state index in [9.17, 15) is 0 Å². The summed E-state index contributed by atoms with van der Waals surface area (Å²) in [6, 6.07) is 8.06. The normalized spacial score (nSPS) is 16.9. The predicted octanol–water partition coefficient (Wildman–Crippen LogP) is 2.42. The zero-order chi connectivity index (χ0) is 11.5. The zero-order valence-electron chi connectivity index (χ0n) is 9.39. The van der Waals surface area contributed by atoms with Crippen LogP contribution >= 0.6 is 11.8 Å². The minimum absolute atomic E-state index is 0.0214. The molecule has 1 aromatic carbocycles. The van der Waals surface area contributed by atoms with Crippen molar-refractivity contribution in [1.29, 1.82) is 0 Å². The third kappa shape index (κ3) is 2.62. The molecule has 0 unspecified atom stereocenters. The average Bonchev–Trinajstić information content (AvgIpc) is 2.96. The predicted molar refractivity (Wildman–Crippen MR) is 67.1 cm³/mol. The molecule has 17 heavy (non-hydrogen) atoms. The van der Waals surface area contributed by atoms with E-state index in [1.54, 1.807) is 11.8 Å². The van der Waals surface area contributed by atoms with Crippen LogP contribution < -0.4 is 0 Å². The molecule has 0 amide bonds. The van der Waals surface area contributed by atoms with Crippen LogP contribution in [0.4, 0.5) is 0 Å². The van der Waals surface area contributed by atoms with Crippen LogP contribution in [0.25, 0.3) is 11.0 Å². The number of H-pyrrole nitrogens is 1. The molecular weight excluding hydrogens is 236 g/mol. The van der Waals surface area contributed by atoms with Crippen molar-refractivity contribution in [3.8, 4) is 0 Å². The van der Waals surface area contributed by atoms with E-state index < -0.39 is 0 Å². The van der Waals surface area contributed by atoms with Crippen molar-refractivity contribution < 1.29 is 9.47 Å². The maximum Gasteiger partial charge on any atom is 0.166 e. The van der Waals surface area contributed by atoms with Gasteiger partial charge in [-0.3, -0.25) is 0 Å². The van der Waals surface area contributed by atoms with E-state index in [1.165, 1.54) is 0 Å². The smallest absolute Gasteiger partial charge is 0.166 e. The third-order valence-corrected chi connectivity index (χ3v) is 3.56. The molecule has 1 saturated heterocycles. The number of fused-ring (bicyclic) bond motifs is 1. The summed E-state index contributed by atoms with van der Waals surface area (Å²) in [5.74, 6) is 0.949. The average molecular weight is 250 g/mol. The molecule has 5 heteroatoms. The number of nitrogens with one attached hydrogen (secondary N) is 1. The number of rotatable bonds is 4. The lowest BCUT2D eigenvalue weighted by molar-refractivity contribution is -0.0421. The Bertz CT molecular complexity index is 461. The summed E-state index contributed by atoms with van der Waals surface area (Å²) in [5, 5.41) is 0.962. The third-order valence-electron chi connectivity index (χ3n) is 2.65. The lowest BCUT2D eigenvalue weighted by atomic mass is 10.3. The standard InChI is InChI=1S/C12H14N2O2S/c1-2-4-10-9(3-1)13-12(14-10)17-8-5-11-15-6-7-16-11/h1-4,11H,5-8H2,(H,13,14). The highest BCUT2D eigenvalue weighted by Crippen LogP contribution is 2.21. The molecule has 2 heterocycles. The summed E-state index contributed by atoms with van der Waals surface area (Å²) in [4.78, 5) is 7.79. The van der Waals surface area contributed by atoms with Crippen LogP contribution in [0.2, 0.25) is 0 Å². The van der Waals surface area contributed by atoms with Gasteiger partial charge in [0, 0.05) is 12.2 Å². The van der Waals surface area contributed by atoms with Gasteiger partial charge in [-0.1, -0.05) is 23.9 Å². The van der Waals surface area contributed by atoms with Crippen LogP contribution in [-0.2, 0) is 9.47 Å². The molecule has 2 aromatic rings. The molecule has 0 saturated carbocycles. The van der Waals surface area contributed by atoms with E-state index in [-0.39, 0.29) is 6.29 Å². The molecule has 0 spiro atoms. The Morgan fingerprint density at radius 3 is 2.94 bits per heavy atom. The van der Waals surface area contributed by atoms with E-state index in [1.807, 2.05) is 24.3 Å². The van der Waals surface area contributed by atoms with Gasteiger partial charge in [-0.15, -0.1) is 0 Å². The van der Waals surface area contributed by atoms with Crippen LogP contribution in [0, 0.1) is 0 Å². The van der Waals surface area contributed by atoms with Gasteiger partial charge in [-0.05, 0) is 12.1 Å². The van der Waals surface area contributed by atoms with E-state index >= 15 is 0 Å². The summed E-state index contributed by atoms with van der Waals surface area (Å²) < 4.78 is 10.8. The fraction of sp³-hybridized carbons (Fsp3) is 0.417. The number of aromatic amines is 1. The molecule has 1 fully saturated rings. The maximum absolute atomic E-state index is 5.38. The minimum Gasteiger partial charge on any atom is -0.350 e. The van der Waals surface area contributed by atoms with Gasteiger partial charge < -0.3 is 14.5 Å². The molecule has 90 valence electrons. The highest BCUT2D eigenvalue weighted by molar-refractivity contribution is 7.99. The topological polar surface area (TPSA) is 47.1 Å².